The highest BCUT2D eigenvalue weighted by Gasteiger charge is 2.07. The van der Waals surface area contributed by atoms with Gasteiger partial charge in [0.15, 0.2) is 0 Å². The van der Waals surface area contributed by atoms with Crippen LogP contribution >= 0.6 is 0 Å². The highest BCUT2D eigenvalue weighted by molar-refractivity contribution is 4.92. The van der Waals surface area contributed by atoms with Crippen LogP contribution in [0.25, 0.3) is 0 Å². The third-order valence-electron chi connectivity index (χ3n) is 2.13. The third-order valence-corrected chi connectivity index (χ3v) is 2.13. The maximum absolute atomic E-state index is 5.29. The number of hydrogen-bond acceptors (Lipinski definition) is 0. The molecule has 0 radical (unpaired) electrons. The van der Waals surface area contributed by atoms with Crippen LogP contribution in [0.4, 0.5) is 0 Å². The summed E-state index contributed by atoms with van der Waals surface area (Å²) in [5.41, 5.74) is 0. The van der Waals surface area contributed by atoms with E-state index in [1.165, 1.54) is 19.3 Å². The largest absolute Gasteiger partial charge is 0.120 e. The lowest BCUT2D eigenvalue weighted by Gasteiger charge is -2.13. The van der Waals surface area contributed by atoms with Crippen LogP contribution in [-0.2, 0) is 0 Å². The smallest absolute Gasteiger partial charge is 0.0197 e. The van der Waals surface area contributed by atoms with Crippen LogP contribution in [0, 0.1) is 24.2 Å². The van der Waals surface area contributed by atoms with Crippen LogP contribution < -0.4 is 0 Å². The average Bonchev–Trinajstić information content (AvgIpc) is 1.98. The van der Waals surface area contributed by atoms with Gasteiger partial charge in [0.05, 0.1) is 0 Å². The van der Waals surface area contributed by atoms with Gasteiger partial charge in [0.2, 0.25) is 0 Å². The number of hydrogen-bond donors (Lipinski definition) is 0. The average molecular weight is 138 g/mol. The van der Waals surface area contributed by atoms with E-state index in [2.05, 4.69) is 26.7 Å². The Kier molecular flexibility index (Phi) is 5.12. The molecule has 0 heteroatoms. The molecule has 0 fully saturated rings. The molecule has 10 heavy (non-hydrogen) atoms. The van der Waals surface area contributed by atoms with Gasteiger partial charge in [0.1, 0.15) is 0 Å². The second kappa shape index (κ2) is 5.35. The zero-order valence-electron chi connectivity index (χ0n) is 7.35. The molecule has 58 valence electrons. The molecular formula is C10H18. The monoisotopic (exact) mass is 138 g/mol. The van der Waals surface area contributed by atoms with Gasteiger partial charge in [-0.3, -0.25) is 0 Å². The molecule has 0 aromatic carbocycles. The Bertz CT molecular complexity index is 108. The molecule has 0 nitrogen and oxygen atoms in total. The highest BCUT2D eigenvalue weighted by Crippen LogP contribution is 2.16. The Balaban J connectivity index is 3.43. The van der Waals surface area contributed by atoms with E-state index in [0.29, 0.717) is 11.8 Å². The third kappa shape index (κ3) is 3.56. The van der Waals surface area contributed by atoms with Crippen molar-refractivity contribution in [3.8, 4) is 12.3 Å². The standard InChI is InChI=1S/C10H18/c1-5-7-8-10(4)9(3)6-2/h2,9-10H,5,7-8H2,1,3-4H3. The summed E-state index contributed by atoms with van der Waals surface area (Å²) in [6.07, 6.45) is 9.17. The van der Waals surface area contributed by atoms with E-state index in [4.69, 9.17) is 6.42 Å². The first-order valence-corrected chi connectivity index (χ1v) is 4.18. The summed E-state index contributed by atoms with van der Waals surface area (Å²) in [4.78, 5) is 0. The SMILES string of the molecule is C#CC(C)C(C)CCCC. The number of unbranched alkanes of at least 4 members (excludes halogenated alkanes) is 1. The van der Waals surface area contributed by atoms with Gasteiger partial charge in [-0.05, 0) is 12.3 Å². The van der Waals surface area contributed by atoms with Crippen molar-refractivity contribution in [1.29, 1.82) is 0 Å². The van der Waals surface area contributed by atoms with Crippen molar-refractivity contribution in [3.63, 3.8) is 0 Å². The van der Waals surface area contributed by atoms with Crippen molar-refractivity contribution in [3.05, 3.63) is 0 Å². The zero-order valence-corrected chi connectivity index (χ0v) is 7.35. The molecule has 0 aromatic heterocycles. The number of terminal acetylenes is 1. The molecular weight excluding hydrogens is 120 g/mol. The Labute approximate surface area is 65.0 Å². The molecule has 0 amide bonds. The van der Waals surface area contributed by atoms with Crippen LogP contribution in [0.2, 0.25) is 0 Å². The summed E-state index contributed by atoms with van der Waals surface area (Å²) < 4.78 is 0. The lowest BCUT2D eigenvalue weighted by Crippen LogP contribution is -2.04. The normalized spacial score (nSPS) is 15.8. The maximum atomic E-state index is 5.29. The molecule has 0 spiro atoms. The van der Waals surface area contributed by atoms with Crippen LogP contribution in [0.5, 0.6) is 0 Å². The maximum Gasteiger partial charge on any atom is 0.0197 e. The van der Waals surface area contributed by atoms with Crippen molar-refractivity contribution >= 4 is 0 Å². The van der Waals surface area contributed by atoms with Gasteiger partial charge in [0, 0.05) is 5.92 Å². The minimum absolute atomic E-state index is 0.451. The summed E-state index contributed by atoms with van der Waals surface area (Å²) in [6, 6.07) is 0. The van der Waals surface area contributed by atoms with Gasteiger partial charge in [-0.2, -0.15) is 0 Å². The molecule has 0 heterocycles. The Hall–Kier alpha value is -0.440. The molecule has 0 bridgehead atoms. The van der Waals surface area contributed by atoms with Crippen molar-refractivity contribution in [1.82, 2.24) is 0 Å². The van der Waals surface area contributed by atoms with Crippen LogP contribution in [0.3, 0.4) is 0 Å². The molecule has 0 saturated heterocycles. The second-order valence-corrected chi connectivity index (χ2v) is 3.07. The minimum Gasteiger partial charge on any atom is -0.120 e. The summed E-state index contributed by atoms with van der Waals surface area (Å²) in [7, 11) is 0. The van der Waals surface area contributed by atoms with Gasteiger partial charge in [-0.1, -0.05) is 33.6 Å². The number of rotatable bonds is 4. The van der Waals surface area contributed by atoms with Crippen molar-refractivity contribution in [2.45, 2.75) is 40.0 Å². The molecule has 0 aromatic rings. The molecule has 0 aliphatic rings. The van der Waals surface area contributed by atoms with E-state index in [0.717, 1.165) is 0 Å². The van der Waals surface area contributed by atoms with Crippen molar-refractivity contribution in [2.75, 3.05) is 0 Å². The topological polar surface area (TPSA) is 0 Å². The minimum atomic E-state index is 0.451. The Morgan fingerprint density at radius 3 is 2.40 bits per heavy atom. The first kappa shape index (κ1) is 9.56. The quantitative estimate of drug-likeness (QED) is 0.524. The molecule has 0 saturated carbocycles. The summed E-state index contributed by atoms with van der Waals surface area (Å²) in [6.45, 7) is 6.58. The van der Waals surface area contributed by atoms with E-state index in [-0.39, 0.29) is 0 Å². The van der Waals surface area contributed by atoms with E-state index in [1.807, 2.05) is 0 Å². The van der Waals surface area contributed by atoms with Crippen LogP contribution in [0.15, 0.2) is 0 Å². The van der Waals surface area contributed by atoms with Crippen LogP contribution in [0.1, 0.15) is 40.0 Å². The van der Waals surface area contributed by atoms with E-state index in [1.54, 1.807) is 0 Å². The predicted molar refractivity (Wildman–Crippen MR) is 46.7 cm³/mol. The van der Waals surface area contributed by atoms with Crippen molar-refractivity contribution < 1.29 is 0 Å². The van der Waals surface area contributed by atoms with Gasteiger partial charge < -0.3 is 0 Å². The van der Waals surface area contributed by atoms with Gasteiger partial charge in [-0.15, -0.1) is 12.3 Å². The van der Waals surface area contributed by atoms with Crippen molar-refractivity contribution in [2.24, 2.45) is 11.8 Å². The van der Waals surface area contributed by atoms with E-state index >= 15 is 0 Å². The van der Waals surface area contributed by atoms with E-state index < -0.39 is 0 Å². The van der Waals surface area contributed by atoms with Gasteiger partial charge in [-0.25, -0.2) is 0 Å². The molecule has 0 aliphatic heterocycles. The molecule has 2 unspecified atom stereocenters. The van der Waals surface area contributed by atoms with Gasteiger partial charge in [0.25, 0.3) is 0 Å². The highest BCUT2D eigenvalue weighted by atomic mass is 14.1. The molecule has 2 atom stereocenters. The fourth-order valence-corrected chi connectivity index (χ4v) is 0.940. The fourth-order valence-electron chi connectivity index (χ4n) is 0.940. The Morgan fingerprint density at radius 2 is 2.00 bits per heavy atom. The lowest BCUT2D eigenvalue weighted by molar-refractivity contribution is 0.424. The Morgan fingerprint density at radius 1 is 1.40 bits per heavy atom. The van der Waals surface area contributed by atoms with E-state index in [9.17, 15) is 0 Å². The fraction of sp³-hybridized carbons (Fsp3) is 0.800. The predicted octanol–water partition coefficient (Wildman–Crippen LogP) is 3.08. The molecule has 0 N–H and O–H groups in total. The first-order chi connectivity index (χ1) is 4.72. The summed E-state index contributed by atoms with van der Waals surface area (Å²) in [5.74, 6) is 3.92. The van der Waals surface area contributed by atoms with Gasteiger partial charge >= 0.3 is 0 Å². The molecule has 0 aliphatic carbocycles. The van der Waals surface area contributed by atoms with Crippen LogP contribution in [-0.4, -0.2) is 0 Å². The summed E-state index contributed by atoms with van der Waals surface area (Å²) >= 11 is 0. The second-order valence-electron chi connectivity index (χ2n) is 3.07. The summed E-state index contributed by atoms with van der Waals surface area (Å²) in [5, 5.41) is 0. The zero-order chi connectivity index (χ0) is 7.98. The first-order valence-electron chi connectivity index (χ1n) is 4.18. The lowest BCUT2D eigenvalue weighted by atomic mass is 9.92. The molecule has 0 rings (SSSR count).